The summed E-state index contributed by atoms with van der Waals surface area (Å²) in [6.07, 6.45) is 3.09. The molecule has 0 aliphatic heterocycles. The van der Waals surface area contributed by atoms with E-state index in [9.17, 15) is 4.21 Å². The maximum absolute atomic E-state index is 9.95. The standard InChI is InChI=1S/C6H5BrN2OS/c7-5-2-1-3-8-6(5)4-9-11-10/h1-4,11H/b9-4-. The van der Waals surface area contributed by atoms with Gasteiger partial charge in [-0.05, 0) is 28.1 Å². The van der Waals surface area contributed by atoms with E-state index in [1.165, 1.54) is 6.21 Å². The first-order valence-electron chi connectivity index (χ1n) is 2.81. The van der Waals surface area contributed by atoms with Gasteiger partial charge in [-0.3, -0.25) is 4.98 Å². The van der Waals surface area contributed by atoms with Crippen molar-refractivity contribution in [2.75, 3.05) is 0 Å². The lowest BCUT2D eigenvalue weighted by Gasteiger charge is -1.92. The lowest BCUT2D eigenvalue weighted by atomic mass is 10.4. The second-order valence-electron chi connectivity index (χ2n) is 1.70. The highest BCUT2D eigenvalue weighted by Gasteiger charge is 1.93. The number of pyridine rings is 1. The molecular weight excluding hydrogens is 228 g/mol. The molecular formula is C6H5BrN2OS. The predicted octanol–water partition coefficient (Wildman–Crippen LogP) is 1.12. The monoisotopic (exact) mass is 232 g/mol. The summed E-state index contributed by atoms with van der Waals surface area (Å²) in [6, 6.07) is 3.65. The van der Waals surface area contributed by atoms with Gasteiger partial charge in [-0.1, -0.05) is 0 Å². The average Bonchev–Trinajstić information content (AvgIpc) is 2.03. The van der Waals surface area contributed by atoms with E-state index in [-0.39, 0.29) is 11.9 Å². The van der Waals surface area contributed by atoms with Crippen molar-refractivity contribution in [3.8, 4) is 0 Å². The van der Waals surface area contributed by atoms with Gasteiger partial charge in [-0.25, -0.2) is 4.21 Å². The van der Waals surface area contributed by atoms with Gasteiger partial charge in [0.25, 0.3) is 0 Å². The fourth-order valence-electron chi connectivity index (χ4n) is 0.571. The van der Waals surface area contributed by atoms with Crippen molar-refractivity contribution in [3.05, 3.63) is 28.5 Å². The normalized spacial score (nSPS) is 10.6. The number of hydrogen-bond acceptors (Lipinski definition) is 2. The van der Waals surface area contributed by atoms with Gasteiger partial charge in [0.2, 0.25) is 0 Å². The minimum Gasteiger partial charge on any atom is -0.254 e. The second kappa shape index (κ2) is 4.35. The lowest BCUT2D eigenvalue weighted by Crippen LogP contribution is -1.86. The van der Waals surface area contributed by atoms with Crippen LogP contribution in [0.2, 0.25) is 0 Å². The highest BCUT2D eigenvalue weighted by atomic mass is 79.9. The van der Waals surface area contributed by atoms with E-state index >= 15 is 0 Å². The lowest BCUT2D eigenvalue weighted by molar-refractivity contribution is 0.695. The molecule has 0 saturated heterocycles. The fourth-order valence-corrected chi connectivity index (χ4v) is 1.09. The first-order valence-corrected chi connectivity index (χ1v) is 4.36. The highest BCUT2D eigenvalue weighted by Crippen LogP contribution is 2.10. The van der Waals surface area contributed by atoms with Gasteiger partial charge in [-0.15, -0.1) is 0 Å². The Balaban J connectivity index is 2.94. The van der Waals surface area contributed by atoms with Crippen LogP contribution in [0.5, 0.6) is 0 Å². The number of hydrogen-bond donors (Lipinski definition) is 1. The maximum atomic E-state index is 9.95. The molecule has 11 heavy (non-hydrogen) atoms. The fraction of sp³-hybridized carbons (Fsp3) is 0. The molecule has 1 rings (SSSR count). The minimum absolute atomic E-state index is 0.249. The third-order valence-corrected chi connectivity index (χ3v) is 1.89. The van der Waals surface area contributed by atoms with E-state index in [0.29, 0.717) is 5.69 Å². The van der Waals surface area contributed by atoms with Crippen molar-refractivity contribution in [1.29, 1.82) is 0 Å². The van der Waals surface area contributed by atoms with Gasteiger partial charge in [0.15, 0.2) is 0 Å². The molecule has 0 radical (unpaired) electrons. The van der Waals surface area contributed by atoms with E-state index in [4.69, 9.17) is 0 Å². The molecule has 0 unspecified atom stereocenters. The molecule has 0 aromatic carbocycles. The molecule has 0 bridgehead atoms. The smallest absolute Gasteiger partial charge is 0.126 e. The molecule has 58 valence electrons. The van der Waals surface area contributed by atoms with Crippen LogP contribution in [0.25, 0.3) is 0 Å². The van der Waals surface area contributed by atoms with Crippen LogP contribution >= 0.6 is 15.9 Å². The molecule has 0 amide bonds. The van der Waals surface area contributed by atoms with Crippen molar-refractivity contribution in [3.63, 3.8) is 0 Å². The zero-order chi connectivity index (χ0) is 8.10. The van der Waals surface area contributed by atoms with Crippen LogP contribution in [0.1, 0.15) is 5.69 Å². The molecule has 0 aliphatic carbocycles. The summed E-state index contributed by atoms with van der Waals surface area (Å²) in [5.74, 6) is 0. The molecule has 0 spiro atoms. The molecule has 0 fully saturated rings. The SMILES string of the molecule is O=[SH]/N=C\c1ncccc1Br. The third-order valence-electron chi connectivity index (χ3n) is 1.01. The Morgan fingerprint density at radius 2 is 2.55 bits per heavy atom. The number of rotatable bonds is 2. The molecule has 3 nitrogen and oxygen atoms in total. The second-order valence-corrected chi connectivity index (χ2v) is 2.95. The Kier molecular flexibility index (Phi) is 3.38. The molecule has 0 N–H and O–H groups in total. The van der Waals surface area contributed by atoms with E-state index < -0.39 is 0 Å². The molecule has 5 heteroatoms. The Bertz CT molecular complexity index is 290. The van der Waals surface area contributed by atoms with Gasteiger partial charge >= 0.3 is 0 Å². The van der Waals surface area contributed by atoms with Crippen LogP contribution in [-0.4, -0.2) is 15.4 Å². The van der Waals surface area contributed by atoms with Crippen LogP contribution in [0, 0.1) is 0 Å². The first kappa shape index (κ1) is 8.55. The van der Waals surface area contributed by atoms with Gasteiger partial charge in [0.1, 0.15) is 11.9 Å². The molecule has 1 aromatic rings. The number of aromatic nitrogens is 1. The number of thiol groups is 1. The average molecular weight is 233 g/mol. The van der Waals surface area contributed by atoms with Gasteiger partial charge in [-0.2, -0.15) is 4.40 Å². The Labute approximate surface area is 76.3 Å². The van der Waals surface area contributed by atoms with Crippen molar-refractivity contribution < 1.29 is 4.21 Å². The Morgan fingerprint density at radius 1 is 1.73 bits per heavy atom. The van der Waals surface area contributed by atoms with E-state index in [1.54, 1.807) is 12.3 Å². The summed E-state index contributed by atoms with van der Waals surface area (Å²) < 4.78 is 14.3. The van der Waals surface area contributed by atoms with Crippen molar-refractivity contribution in [2.45, 2.75) is 0 Å². The quantitative estimate of drug-likeness (QED) is 0.614. The van der Waals surface area contributed by atoms with Crippen LogP contribution in [0.15, 0.2) is 27.2 Å². The van der Waals surface area contributed by atoms with E-state index in [0.717, 1.165) is 4.47 Å². The summed E-state index contributed by atoms with van der Waals surface area (Å²) in [5, 5.41) is 0. The zero-order valence-electron chi connectivity index (χ0n) is 5.44. The summed E-state index contributed by atoms with van der Waals surface area (Å²) in [7, 11) is 0. The van der Waals surface area contributed by atoms with E-state index in [2.05, 4.69) is 25.3 Å². The predicted molar refractivity (Wildman–Crippen MR) is 49.1 cm³/mol. The molecule has 0 atom stereocenters. The summed E-state index contributed by atoms with van der Waals surface area (Å²) in [4.78, 5) is 3.98. The first-order chi connectivity index (χ1) is 5.34. The van der Waals surface area contributed by atoms with Gasteiger partial charge in [0, 0.05) is 10.7 Å². The molecule has 1 heterocycles. The van der Waals surface area contributed by atoms with Crippen molar-refractivity contribution >= 4 is 34.0 Å². The molecule has 0 aliphatic rings. The highest BCUT2D eigenvalue weighted by molar-refractivity contribution is 9.10. The Hall–Kier alpha value is -0.550. The van der Waals surface area contributed by atoms with Gasteiger partial charge < -0.3 is 0 Å². The largest absolute Gasteiger partial charge is 0.254 e. The minimum atomic E-state index is -0.249. The molecule has 1 aromatic heterocycles. The zero-order valence-corrected chi connectivity index (χ0v) is 7.92. The van der Waals surface area contributed by atoms with Crippen LogP contribution in [-0.2, 0) is 11.9 Å². The third kappa shape index (κ3) is 2.51. The molecule has 0 saturated carbocycles. The van der Waals surface area contributed by atoms with Crippen LogP contribution in [0.3, 0.4) is 0 Å². The van der Waals surface area contributed by atoms with Crippen molar-refractivity contribution in [2.24, 2.45) is 4.40 Å². The summed E-state index contributed by atoms with van der Waals surface area (Å²) >= 11 is 3.02. The topological polar surface area (TPSA) is 42.3 Å². The van der Waals surface area contributed by atoms with Crippen LogP contribution < -0.4 is 0 Å². The summed E-state index contributed by atoms with van der Waals surface area (Å²) in [5.41, 5.74) is 0.677. The number of nitrogens with zero attached hydrogens (tertiary/aromatic N) is 2. The van der Waals surface area contributed by atoms with Crippen molar-refractivity contribution in [1.82, 2.24) is 4.98 Å². The summed E-state index contributed by atoms with van der Waals surface area (Å²) in [6.45, 7) is 0. The number of halogens is 1. The van der Waals surface area contributed by atoms with Gasteiger partial charge in [0.05, 0.1) is 11.9 Å². The van der Waals surface area contributed by atoms with E-state index in [1.807, 2.05) is 6.07 Å². The van der Waals surface area contributed by atoms with Crippen LogP contribution in [0.4, 0.5) is 0 Å². The maximum Gasteiger partial charge on any atom is 0.126 e. The Morgan fingerprint density at radius 3 is 3.18 bits per heavy atom.